The van der Waals surface area contributed by atoms with E-state index < -0.39 is 6.68 Å². The Morgan fingerprint density at radius 2 is 0.517 bits per heavy atom. The minimum absolute atomic E-state index is 0. The fraction of sp³-hybridized carbons (Fsp3) is 0.0400. The van der Waals surface area contributed by atoms with E-state index in [1.807, 2.05) is 12.1 Å². The predicted octanol–water partition coefficient (Wildman–Crippen LogP) is 7.98. The highest BCUT2D eigenvalue weighted by molar-refractivity contribution is 7.59. The lowest BCUT2D eigenvalue weighted by atomic mass is 9.98. The quantitative estimate of drug-likeness (QED) is 0.321. The van der Waals surface area contributed by atoms with Crippen LogP contribution in [-0.4, -0.2) is 6.68 Å². The van der Waals surface area contributed by atoms with Crippen LogP contribution in [0.25, 0.3) is 33.4 Å². The summed E-state index contributed by atoms with van der Waals surface area (Å²) in [5.74, 6) is 0. The Bertz CT molecular complexity index is 884. The molecule has 0 nitrogen and oxygen atoms in total. The summed E-state index contributed by atoms with van der Waals surface area (Å²) in [6.45, 7) is -3.67. The number of rotatable bonds is 3. The van der Waals surface area contributed by atoms with Crippen molar-refractivity contribution in [3.8, 4) is 33.4 Å². The number of alkyl halides is 3. The van der Waals surface area contributed by atoms with Crippen LogP contribution in [0.5, 0.6) is 0 Å². The average Bonchev–Trinajstić information content (AvgIpc) is 2.75. The minimum Gasteiger partial charge on any atom is -0.197 e. The summed E-state index contributed by atoms with van der Waals surface area (Å²) < 4.78 is 29.0. The molecule has 148 valence electrons. The monoisotopic (exact) mass is 410 g/mol. The Morgan fingerprint density at radius 1 is 0.345 bits per heavy atom. The van der Waals surface area contributed by atoms with E-state index in [4.69, 9.17) is 0 Å². The maximum atomic E-state index is 9.67. The standard InChI is InChI=1S/C24H18.CHF3.H2S/c1-3-7-19(8-4-1)21-11-15-23(16-12-21)24-17-13-22(14-18-24)20-9-5-2-6-10-20;2-1(3)4;/h1-18H;1H;1H2. The summed E-state index contributed by atoms with van der Waals surface area (Å²) in [5, 5.41) is 0. The summed E-state index contributed by atoms with van der Waals surface area (Å²) >= 11 is 0. The van der Waals surface area contributed by atoms with Crippen molar-refractivity contribution in [2.45, 2.75) is 6.68 Å². The van der Waals surface area contributed by atoms with Crippen LogP contribution < -0.4 is 0 Å². The molecule has 0 N–H and O–H groups in total. The summed E-state index contributed by atoms with van der Waals surface area (Å²) in [4.78, 5) is 0. The summed E-state index contributed by atoms with van der Waals surface area (Å²) in [7, 11) is 0. The van der Waals surface area contributed by atoms with Crippen molar-refractivity contribution >= 4 is 13.5 Å². The van der Waals surface area contributed by atoms with E-state index in [-0.39, 0.29) is 13.5 Å². The first-order valence-electron chi connectivity index (χ1n) is 8.87. The highest BCUT2D eigenvalue weighted by Gasteiger charge is 2.01. The molecule has 0 bridgehead atoms. The van der Waals surface area contributed by atoms with Gasteiger partial charge in [0.1, 0.15) is 0 Å². The Balaban J connectivity index is 0.000000552. The van der Waals surface area contributed by atoms with Gasteiger partial charge in [0.25, 0.3) is 0 Å². The normalized spacial score (nSPS) is 9.93. The van der Waals surface area contributed by atoms with E-state index in [0.29, 0.717) is 0 Å². The van der Waals surface area contributed by atoms with Gasteiger partial charge in [0.15, 0.2) is 0 Å². The Morgan fingerprint density at radius 3 is 0.724 bits per heavy atom. The highest BCUT2D eigenvalue weighted by atomic mass is 32.1. The van der Waals surface area contributed by atoms with Crippen molar-refractivity contribution in [1.29, 1.82) is 0 Å². The SMILES string of the molecule is FC(F)F.S.c1ccc(-c2ccc(-c3ccc(-c4ccccc4)cc3)cc2)cc1. The summed E-state index contributed by atoms with van der Waals surface area (Å²) in [6, 6.07) is 38.5. The van der Waals surface area contributed by atoms with Gasteiger partial charge in [-0.05, 0) is 33.4 Å². The van der Waals surface area contributed by atoms with Gasteiger partial charge in [-0.3, -0.25) is 0 Å². The zero-order valence-corrected chi connectivity index (χ0v) is 16.6. The molecular weight excluding hydrogens is 389 g/mol. The zero-order chi connectivity index (χ0) is 19.8. The van der Waals surface area contributed by atoms with Crippen molar-refractivity contribution < 1.29 is 13.2 Å². The third-order valence-electron chi connectivity index (χ3n) is 4.32. The Hall–Kier alpha value is -2.98. The van der Waals surface area contributed by atoms with Crippen LogP contribution in [0.1, 0.15) is 0 Å². The molecule has 0 fully saturated rings. The average molecular weight is 411 g/mol. The zero-order valence-electron chi connectivity index (χ0n) is 15.6. The highest BCUT2D eigenvalue weighted by Crippen LogP contribution is 2.27. The molecule has 0 saturated carbocycles. The van der Waals surface area contributed by atoms with Crippen LogP contribution >= 0.6 is 13.5 Å². The molecule has 4 rings (SSSR count). The molecule has 0 saturated heterocycles. The van der Waals surface area contributed by atoms with E-state index in [2.05, 4.69) is 97.1 Å². The maximum absolute atomic E-state index is 9.67. The largest absolute Gasteiger partial charge is 0.379 e. The molecule has 0 aliphatic heterocycles. The first-order chi connectivity index (χ1) is 13.6. The Kier molecular flexibility index (Phi) is 8.56. The fourth-order valence-electron chi connectivity index (χ4n) is 2.97. The summed E-state index contributed by atoms with van der Waals surface area (Å²) in [6.07, 6.45) is 0. The third kappa shape index (κ3) is 6.54. The molecule has 0 aliphatic carbocycles. The molecule has 0 unspecified atom stereocenters. The fourth-order valence-corrected chi connectivity index (χ4v) is 2.97. The molecule has 0 atom stereocenters. The van der Waals surface area contributed by atoms with Gasteiger partial charge in [0.2, 0.25) is 0 Å². The van der Waals surface area contributed by atoms with Gasteiger partial charge in [0, 0.05) is 0 Å². The molecule has 0 aromatic heterocycles. The predicted molar refractivity (Wildman–Crippen MR) is 120 cm³/mol. The van der Waals surface area contributed by atoms with E-state index in [0.717, 1.165) is 0 Å². The third-order valence-corrected chi connectivity index (χ3v) is 4.32. The second-order valence-electron chi connectivity index (χ2n) is 6.13. The molecule has 4 aromatic rings. The molecule has 0 spiro atoms. The van der Waals surface area contributed by atoms with Crippen molar-refractivity contribution in [2.24, 2.45) is 0 Å². The second-order valence-corrected chi connectivity index (χ2v) is 6.13. The van der Waals surface area contributed by atoms with Crippen LogP contribution in [0.3, 0.4) is 0 Å². The van der Waals surface area contributed by atoms with Crippen molar-refractivity contribution in [3.05, 3.63) is 109 Å². The van der Waals surface area contributed by atoms with Gasteiger partial charge < -0.3 is 0 Å². The van der Waals surface area contributed by atoms with Crippen LogP contribution in [0.2, 0.25) is 0 Å². The van der Waals surface area contributed by atoms with Gasteiger partial charge >= 0.3 is 6.68 Å². The van der Waals surface area contributed by atoms with E-state index >= 15 is 0 Å². The molecular formula is C25H21F3S. The molecule has 4 aromatic carbocycles. The van der Waals surface area contributed by atoms with E-state index in [1.165, 1.54) is 33.4 Å². The smallest absolute Gasteiger partial charge is 0.197 e. The number of hydrogen-bond donors (Lipinski definition) is 0. The molecule has 4 heteroatoms. The second kappa shape index (κ2) is 11.1. The lowest BCUT2D eigenvalue weighted by Gasteiger charge is -2.07. The van der Waals surface area contributed by atoms with Crippen molar-refractivity contribution in [2.75, 3.05) is 0 Å². The van der Waals surface area contributed by atoms with E-state index in [9.17, 15) is 13.2 Å². The molecule has 0 heterocycles. The maximum Gasteiger partial charge on any atom is 0.379 e. The molecule has 29 heavy (non-hydrogen) atoms. The van der Waals surface area contributed by atoms with Gasteiger partial charge in [-0.2, -0.15) is 26.7 Å². The van der Waals surface area contributed by atoms with E-state index in [1.54, 1.807) is 0 Å². The number of hydrogen-bond acceptors (Lipinski definition) is 0. The van der Waals surface area contributed by atoms with Gasteiger partial charge in [-0.15, -0.1) is 0 Å². The lowest BCUT2D eigenvalue weighted by molar-refractivity contribution is 0.00819. The number of halogens is 3. The van der Waals surface area contributed by atoms with Crippen LogP contribution in [-0.2, 0) is 0 Å². The summed E-state index contributed by atoms with van der Waals surface area (Å²) in [5.41, 5.74) is 7.50. The van der Waals surface area contributed by atoms with Crippen molar-refractivity contribution in [1.82, 2.24) is 0 Å². The van der Waals surface area contributed by atoms with Gasteiger partial charge in [0.05, 0.1) is 0 Å². The van der Waals surface area contributed by atoms with Gasteiger partial charge in [-0.1, -0.05) is 109 Å². The molecule has 0 radical (unpaired) electrons. The molecule has 0 amide bonds. The lowest BCUT2D eigenvalue weighted by Crippen LogP contribution is -1.81. The topological polar surface area (TPSA) is 0 Å². The first kappa shape index (κ1) is 22.3. The minimum atomic E-state index is -3.67. The first-order valence-corrected chi connectivity index (χ1v) is 8.87. The van der Waals surface area contributed by atoms with Gasteiger partial charge in [-0.25, -0.2) is 0 Å². The van der Waals surface area contributed by atoms with Crippen LogP contribution in [0.4, 0.5) is 13.2 Å². The van der Waals surface area contributed by atoms with Crippen LogP contribution in [0, 0.1) is 0 Å². The van der Waals surface area contributed by atoms with Crippen LogP contribution in [0.15, 0.2) is 109 Å². The molecule has 0 aliphatic rings. The van der Waals surface area contributed by atoms with Crippen molar-refractivity contribution in [3.63, 3.8) is 0 Å². The Labute approximate surface area is 176 Å². The number of benzene rings is 4.